The molecule has 1 unspecified atom stereocenters. The minimum absolute atomic E-state index is 0.00418. The third-order valence-electron chi connectivity index (χ3n) is 3.58. The van der Waals surface area contributed by atoms with E-state index in [4.69, 9.17) is 15.7 Å². The second-order valence-electron chi connectivity index (χ2n) is 5.04. The number of amides is 1. The van der Waals surface area contributed by atoms with Crippen molar-refractivity contribution in [1.29, 1.82) is 0 Å². The Bertz CT molecular complexity index is 529. The van der Waals surface area contributed by atoms with Gasteiger partial charge in [0.25, 0.3) is 5.91 Å². The van der Waals surface area contributed by atoms with E-state index in [1.54, 1.807) is 29.2 Å². The molecule has 1 aromatic carbocycles. The summed E-state index contributed by atoms with van der Waals surface area (Å²) in [7, 11) is 0. The number of rotatable bonds is 4. The average molecular weight is 291 g/mol. The molecule has 2 rings (SSSR count). The molecular weight excluding hydrogens is 270 g/mol. The minimum Gasteiger partial charge on any atom is -0.409 e. The van der Waals surface area contributed by atoms with Crippen LogP contribution in [0.4, 0.5) is 0 Å². The molecule has 0 aliphatic carbocycles. The summed E-state index contributed by atoms with van der Waals surface area (Å²) in [5.74, 6) is -0.0533. The molecule has 114 valence electrons. The zero-order chi connectivity index (χ0) is 15.2. The number of nitrogens with zero attached hydrogens (tertiary/aromatic N) is 2. The Hall–Kier alpha value is -2.08. The molecule has 1 heterocycles. The Balaban J connectivity index is 2.12. The smallest absolute Gasteiger partial charge is 0.253 e. The van der Waals surface area contributed by atoms with Gasteiger partial charge in [-0.05, 0) is 31.9 Å². The monoisotopic (exact) mass is 291 g/mol. The molecule has 0 aromatic heterocycles. The van der Waals surface area contributed by atoms with Crippen molar-refractivity contribution in [3.05, 3.63) is 35.4 Å². The highest BCUT2D eigenvalue weighted by Gasteiger charge is 2.24. The van der Waals surface area contributed by atoms with Crippen LogP contribution in [-0.4, -0.2) is 47.7 Å². The number of piperidine rings is 1. The summed E-state index contributed by atoms with van der Waals surface area (Å²) >= 11 is 0. The lowest BCUT2D eigenvalue weighted by atomic mass is 10.0. The Morgan fingerprint density at radius 2 is 2.29 bits per heavy atom. The molecule has 21 heavy (non-hydrogen) atoms. The summed E-state index contributed by atoms with van der Waals surface area (Å²) in [6, 6.07) is 6.80. The number of oxime groups is 1. The van der Waals surface area contributed by atoms with Crippen molar-refractivity contribution >= 4 is 11.7 Å². The molecule has 3 N–H and O–H groups in total. The highest BCUT2D eigenvalue weighted by molar-refractivity contribution is 6.01. The van der Waals surface area contributed by atoms with E-state index in [2.05, 4.69) is 5.16 Å². The van der Waals surface area contributed by atoms with Gasteiger partial charge < -0.3 is 20.6 Å². The van der Waals surface area contributed by atoms with Crippen LogP contribution in [0.5, 0.6) is 0 Å². The molecule has 1 aromatic rings. The standard InChI is InChI=1S/C15H21N3O3/c1-2-21-13-7-4-8-18(10-13)15(19)12-6-3-5-11(9-12)14(16)17-20/h3,5-6,9,13,20H,2,4,7-8,10H2,1H3,(H2,16,17). The summed E-state index contributed by atoms with van der Waals surface area (Å²) in [5, 5.41) is 11.7. The topological polar surface area (TPSA) is 88.2 Å². The minimum atomic E-state index is -0.0491. The van der Waals surface area contributed by atoms with Gasteiger partial charge in [-0.15, -0.1) is 0 Å². The van der Waals surface area contributed by atoms with Crippen LogP contribution >= 0.6 is 0 Å². The maximum absolute atomic E-state index is 12.5. The van der Waals surface area contributed by atoms with E-state index in [0.29, 0.717) is 24.3 Å². The number of carbonyl (C=O) groups excluding carboxylic acids is 1. The molecule has 1 amide bonds. The first-order valence-electron chi connectivity index (χ1n) is 7.14. The lowest BCUT2D eigenvalue weighted by Crippen LogP contribution is -2.43. The van der Waals surface area contributed by atoms with Crippen LogP contribution in [-0.2, 0) is 4.74 Å². The lowest BCUT2D eigenvalue weighted by Gasteiger charge is -2.32. The second-order valence-corrected chi connectivity index (χ2v) is 5.04. The first kappa shape index (κ1) is 15.3. The SMILES string of the molecule is CCOC1CCCN(C(=O)c2cccc(C(N)=NO)c2)C1. The first-order valence-corrected chi connectivity index (χ1v) is 7.14. The number of benzene rings is 1. The largest absolute Gasteiger partial charge is 0.409 e. The second kappa shape index (κ2) is 7.08. The quantitative estimate of drug-likeness (QED) is 0.380. The summed E-state index contributed by atoms with van der Waals surface area (Å²) in [5.41, 5.74) is 6.63. The predicted molar refractivity (Wildman–Crippen MR) is 79.5 cm³/mol. The Morgan fingerprint density at radius 1 is 1.52 bits per heavy atom. The Morgan fingerprint density at radius 3 is 3.00 bits per heavy atom. The summed E-state index contributed by atoms with van der Waals surface area (Å²) in [6.45, 7) is 3.96. The number of carbonyl (C=O) groups is 1. The van der Waals surface area contributed by atoms with Crippen LogP contribution in [0.15, 0.2) is 29.4 Å². The van der Waals surface area contributed by atoms with Crippen molar-refractivity contribution in [2.24, 2.45) is 10.9 Å². The number of likely N-dealkylation sites (tertiary alicyclic amines) is 1. The van der Waals surface area contributed by atoms with Crippen LogP contribution in [0.25, 0.3) is 0 Å². The Kier molecular flexibility index (Phi) is 5.16. The number of ether oxygens (including phenoxy) is 1. The van der Waals surface area contributed by atoms with E-state index in [-0.39, 0.29) is 17.8 Å². The number of nitrogens with two attached hydrogens (primary N) is 1. The highest BCUT2D eigenvalue weighted by atomic mass is 16.5. The summed E-state index contributed by atoms with van der Waals surface area (Å²) < 4.78 is 5.61. The zero-order valence-electron chi connectivity index (χ0n) is 12.2. The maximum atomic E-state index is 12.5. The molecule has 1 atom stereocenters. The molecule has 1 aliphatic rings. The maximum Gasteiger partial charge on any atom is 0.253 e. The van der Waals surface area contributed by atoms with Gasteiger partial charge in [0.05, 0.1) is 6.10 Å². The van der Waals surface area contributed by atoms with Crippen molar-refractivity contribution in [2.75, 3.05) is 19.7 Å². The average Bonchev–Trinajstić information content (AvgIpc) is 2.54. The van der Waals surface area contributed by atoms with Crippen LogP contribution < -0.4 is 5.73 Å². The van der Waals surface area contributed by atoms with Crippen molar-refractivity contribution in [3.63, 3.8) is 0 Å². The van der Waals surface area contributed by atoms with Crippen LogP contribution in [0, 0.1) is 0 Å². The fraction of sp³-hybridized carbons (Fsp3) is 0.467. The molecule has 0 spiro atoms. The van der Waals surface area contributed by atoms with Gasteiger partial charge in [-0.2, -0.15) is 0 Å². The van der Waals surface area contributed by atoms with Gasteiger partial charge in [0.1, 0.15) is 0 Å². The molecular formula is C15H21N3O3. The van der Waals surface area contributed by atoms with Gasteiger partial charge in [0.15, 0.2) is 5.84 Å². The molecule has 6 nitrogen and oxygen atoms in total. The van der Waals surface area contributed by atoms with Gasteiger partial charge in [-0.3, -0.25) is 4.79 Å². The van der Waals surface area contributed by atoms with E-state index >= 15 is 0 Å². The summed E-state index contributed by atoms with van der Waals surface area (Å²) in [6.07, 6.45) is 2.04. The van der Waals surface area contributed by atoms with Crippen molar-refractivity contribution in [2.45, 2.75) is 25.9 Å². The molecule has 0 radical (unpaired) electrons. The lowest BCUT2D eigenvalue weighted by molar-refractivity contribution is 0.00724. The van der Waals surface area contributed by atoms with Gasteiger partial charge in [0, 0.05) is 30.8 Å². The number of hydrogen-bond donors (Lipinski definition) is 2. The van der Waals surface area contributed by atoms with Gasteiger partial charge >= 0.3 is 0 Å². The van der Waals surface area contributed by atoms with E-state index in [1.807, 2.05) is 6.92 Å². The molecule has 0 bridgehead atoms. The molecule has 1 fully saturated rings. The third kappa shape index (κ3) is 3.72. The van der Waals surface area contributed by atoms with Gasteiger partial charge in [0.2, 0.25) is 0 Å². The number of amidine groups is 1. The first-order chi connectivity index (χ1) is 10.2. The van der Waals surface area contributed by atoms with Crippen LogP contribution in [0.3, 0.4) is 0 Å². The van der Waals surface area contributed by atoms with Crippen LogP contribution in [0.1, 0.15) is 35.7 Å². The van der Waals surface area contributed by atoms with Crippen molar-refractivity contribution < 1.29 is 14.7 Å². The number of hydrogen-bond acceptors (Lipinski definition) is 4. The van der Waals surface area contributed by atoms with E-state index < -0.39 is 0 Å². The fourth-order valence-electron chi connectivity index (χ4n) is 2.55. The van der Waals surface area contributed by atoms with Crippen molar-refractivity contribution in [3.8, 4) is 0 Å². The zero-order valence-corrected chi connectivity index (χ0v) is 12.2. The van der Waals surface area contributed by atoms with E-state index in [1.165, 1.54) is 0 Å². The molecule has 1 saturated heterocycles. The normalized spacial score (nSPS) is 19.6. The van der Waals surface area contributed by atoms with Gasteiger partial charge in [-0.1, -0.05) is 17.3 Å². The van der Waals surface area contributed by atoms with Crippen LogP contribution in [0.2, 0.25) is 0 Å². The predicted octanol–water partition coefficient (Wildman–Crippen LogP) is 1.42. The molecule has 1 aliphatic heterocycles. The van der Waals surface area contributed by atoms with Crippen molar-refractivity contribution in [1.82, 2.24) is 4.90 Å². The third-order valence-corrected chi connectivity index (χ3v) is 3.58. The highest BCUT2D eigenvalue weighted by Crippen LogP contribution is 2.17. The Labute approximate surface area is 124 Å². The van der Waals surface area contributed by atoms with E-state index in [0.717, 1.165) is 19.4 Å². The van der Waals surface area contributed by atoms with E-state index in [9.17, 15) is 4.79 Å². The fourth-order valence-corrected chi connectivity index (χ4v) is 2.55. The molecule has 6 heteroatoms. The summed E-state index contributed by atoms with van der Waals surface area (Å²) in [4.78, 5) is 14.3. The van der Waals surface area contributed by atoms with Gasteiger partial charge in [-0.25, -0.2) is 0 Å². The molecule has 0 saturated carbocycles.